The van der Waals surface area contributed by atoms with Crippen LogP contribution in [0.25, 0.3) is 0 Å². The number of carbonyl (C=O) groups excluding carboxylic acids is 1. The summed E-state index contributed by atoms with van der Waals surface area (Å²) in [6.07, 6.45) is 7.12. The first-order valence-corrected chi connectivity index (χ1v) is 8.67. The van der Waals surface area contributed by atoms with Crippen molar-refractivity contribution in [3.05, 3.63) is 29.3 Å². The third-order valence-electron chi connectivity index (χ3n) is 5.49. The maximum Gasteiger partial charge on any atom is 0.258 e. The molecule has 22 heavy (non-hydrogen) atoms. The van der Waals surface area contributed by atoms with E-state index in [1.807, 2.05) is 6.07 Å². The lowest BCUT2D eigenvalue weighted by Gasteiger charge is -2.34. The summed E-state index contributed by atoms with van der Waals surface area (Å²) in [5, 5.41) is 3.16. The van der Waals surface area contributed by atoms with Crippen molar-refractivity contribution in [1.82, 2.24) is 5.32 Å². The predicted molar refractivity (Wildman–Crippen MR) is 88.1 cm³/mol. The Morgan fingerprint density at radius 1 is 1.18 bits per heavy atom. The highest BCUT2D eigenvalue weighted by Gasteiger charge is 2.28. The molecule has 0 saturated heterocycles. The minimum atomic E-state index is 0.00597. The number of nitrogens with one attached hydrogen (secondary N) is 1. The fourth-order valence-corrected chi connectivity index (χ4v) is 3.82. The number of hydrogen-bond donors (Lipinski definition) is 1. The van der Waals surface area contributed by atoms with Gasteiger partial charge in [0.2, 0.25) is 0 Å². The fourth-order valence-electron chi connectivity index (χ4n) is 3.82. The largest absolute Gasteiger partial charge is 0.484 e. The molecule has 0 aromatic heterocycles. The van der Waals surface area contributed by atoms with Gasteiger partial charge < -0.3 is 10.1 Å². The second-order valence-electron chi connectivity index (χ2n) is 7.01. The first-order valence-electron chi connectivity index (χ1n) is 8.67. The molecular weight excluding hydrogens is 274 g/mol. The lowest BCUT2D eigenvalue weighted by molar-refractivity contribution is -0.124. The first kappa shape index (κ1) is 15.4. The van der Waals surface area contributed by atoms with Crippen LogP contribution >= 0.6 is 0 Å². The molecule has 3 unspecified atom stereocenters. The molecule has 120 valence electrons. The number of carbonyl (C=O) groups is 1. The zero-order valence-electron chi connectivity index (χ0n) is 13.7. The van der Waals surface area contributed by atoms with Crippen LogP contribution < -0.4 is 10.1 Å². The molecule has 1 aromatic carbocycles. The Bertz CT molecular complexity index is 540. The smallest absolute Gasteiger partial charge is 0.258 e. The van der Waals surface area contributed by atoms with Gasteiger partial charge >= 0.3 is 0 Å². The van der Waals surface area contributed by atoms with Gasteiger partial charge in [-0.15, -0.1) is 0 Å². The molecule has 1 aromatic rings. The lowest BCUT2D eigenvalue weighted by atomic mass is 9.78. The maximum absolute atomic E-state index is 12.1. The Morgan fingerprint density at radius 3 is 2.86 bits per heavy atom. The summed E-state index contributed by atoms with van der Waals surface area (Å²) in [7, 11) is 0. The van der Waals surface area contributed by atoms with Gasteiger partial charge in [-0.3, -0.25) is 4.79 Å². The highest BCUT2D eigenvalue weighted by Crippen LogP contribution is 2.29. The lowest BCUT2D eigenvalue weighted by Crippen LogP contribution is -2.45. The van der Waals surface area contributed by atoms with Crippen LogP contribution in [-0.4, -0.2) is 18.6 Å². The normalized spacial score (nSPS) is 27.3. The molecule has 0 radical (unpaired) electrons. The van der Waals surface area contributed by atoms with Crippen molar-refractivity contribution in [2.24, 2.45) is 11.8 Å². The molecule has 0 spiro atoms. The third kappa shape index (κ3) is 3.45. The summed E-state index contributed by atoms with van der Waals surface area (Å²) in [6.45, 7) is 4.65. The van der Waals surface area contributed by atoms with E-state index in [2.05, 4.69) is 31.3 Å². The highest BCUT2D eigenvalue weighted by molar-refractivity contribution is 5.77. The first-order chi connectivity index (χ1) is 10.6. The Morgan fingerprint density at radius 2 is 2.00 bits per heavy atom. The van der Waals surface area contributed by atoms with Crippen LogP contribution in [0.4, 0.5) is 0 Å². The molecular formula is C19H27NO2. The van der Waals surface area contributed by atoms with Crippen molar-refractivity contribution in [1.29, 1.82) is 0 Å². The number of benzene rings is 1. The summed E-state index contributed by atoms with van der Waals surface area (Å²) in [5.74, 6) is 2.07. The van der Waals surface area contributed by atoms with Gasteiger partial charge in [0, 0.05) is 6.04 Å². The molecule has 1 fully saturated rings. The molecule has 0 heterocycles. The number of hydrogen-bond acceptors (Lipinski definition) is 2. The van der Waals surface area contributed by atoms with Crippen LogP contribution in [0.2, 0.25) is 0 Å². The van der Waals surface area contributed by atoms with E-state index in [9.17, 15) is 4.79 Å². The molecule has 2 aliphatic rings. The SMILES string of the molecule is CC1CCCC(NC(=O)COc2ccc3c(c2)CCC3)C1C. The van der Waals surface area contributed by atoms with Crippen LogP contribution in [-0.2, 0) is 17.6 Å². The van der Waals surface area contributed by atoms with Crippen molar-refractivity contribution >= 4 is 5.91 Å². The van der Waals surface area contributed by atoms with Gasteiger partial charge in [0.1, 0.15) is 5.75 Å². The summed E-state index contributed by atoms with van der Waals surface area (Å²) >= 11 is 0. The second-order valence-corrected chi connectivity index (χ2v) is 7.01. The van der Waals surface area contributed by atoms with Crippen LogP contribution in [0.15, 0.2) is 18.2 Å². The molecule has 3 nitrogen and oxygen atoms in total. The fraction of sp³-hybridized carbons (Fsp3) is 0.632. The van der Waals surface area contributed by atoms with Crippen molar-refractivity contribution < 1.29 is 9.53 Å². The summed E-state index contributed by atoms with van der Waals surface area (Å²) in [4.78, 5) is 12.1. The number of aryl methyl sites for hydroxylation is 2. The van der Waals surface area contributed by atoms with Crippen LogP contribution in [0.1, 0.15) is 50.7 Å². The predicted octanol–water partition coefficient (Wildman–Crippen LogP) is 3.50. The van der Waals surface area contributed by atoms with Crippen molar-refractivity contribution in [2.75, 3.05) is 6.61 Å². The molecule has 0 aliphatic heterocycles. The van der Waals surface area contributed by atoms with E-state index >= 15 is 0 Å². The van der Waals surface area contributed by atoms with E-state index in [1.54, 1.807) is 0 Å². The molecule has 1 amide bonds. The minimum absolute atomic E-state index is 0.00597. The topological polar surface area (TPSA) is 38.3 Å². The van der Waals surface area contributed by atoms with Crippen molar-refractivity contribution in [2.45, 2.75) is 58.4 Å². The zero-order valence-corrected chi connectivity index (χ0v) is 13.7. The maximum atomic E-state index is 12.1. The zero-order chi connectivity index (χ0) is 15.5. The number of fused-ring (bicyclic) bond motifs is 1. The van der Waals surface area contributed by atoms with Gasteiger partial charge in [-0.2, -0.15) is 0 Å². The minimum Gasteiger partial charge on any atom is -0.484 e. The summed E-state index contributed by atoms with van der Waals surface area (Å²) in [6, 6.07) is 6.53. The molecule has 1 saturated carbocycles. The van der Waals surface area contributed by atoms with Gasteiger partial charge in [0.15, 0.2) is 6.61 Å². The van der Waals surface area contributed by atoms with Crippen molar-refractivity contribution in [3.8, 4) is 5.75 Å². The Labute approximate surface area is 133 Å². The van der Waals surface area contributed by atoms with Gasteiger partial charge in [0.05, 0.1) is 0 Å². The van der Waals surface area contributed by atoms with E-state index in [-0.39, 0.29) is 12.5 Å². The summed E-state index contributed by atoms with van der Waals surface area (Å²) < 4.78 is 5.68. The molecule has 3 atom stereocenters. The van der Waals surface area contributed by atoms with Gasteiger partial charge in [-0.1, -0.05) is 32.8 Å². The summed E-state index contributed by atoms with van der Waals surface area (Å²) in [5.41, 5.74) is 2.81. The van der Waals surface area contributed by atoms with Gasteiger partial charge in [-0.05, 0) is 60.8 Å². The highest BCUT2D eigenvalue weighted by atomic mass is 16.5. The second kappa shape index (κ2) is 6.72. The quantitative estimate of drug-likeness (QED) is 0.924. The molecule has 1 N–H and O–H groups in total. The van der Waals surface area contributed by atoms with Gasteiger partial charge in [-0.25, -0.2) is 0 Å². The standard InChI is InChI=1S/C19H27NO2/c1-13-5-3-8-18(14(13)2)20-19(21)12-22-17-10-9-15-6-4-7-16(15)11-17/h9-11,13-14,18H,3-8,12H2,1-2H3,(H,20,21). The van der Waals surface area contributed by atoms with Crippen LogP contribution in [0, 0.1) is 11.8 Å². The average molecular weight is 301 g/mol. The Kier molecular flexibility index (Phi) is 4.70. The molecule has 0 bridgehead atoms. The van der Waals surface area contributed by atoms with Crippen LogP contribution in [0.3, 0.4) is 0 Å². The average Bonchev–Trinajstić information content (AvgIpc) is 2.97. The Hall–Kier alpha value is -1.51. The Balaban J connectivity index is 1.50. The third-order valence-corrected chi connectivity index (χ3v) is 5.49. The van der Waals surface area contributed by atoms with E-state index in [4.69, 9.17) is 4.74 Å². The molecule has 3 heteroatoms. The number of ether oxygens (including phenoxy) is 1. The number of rotatable bonds is 4. The molecule has 2 aliphatic carbocycles. The van der Waals surface area contributed by atoms with E-state index in [0.29, 0.717) is 17.9 Å². The van der Waals surface area contributed by atoms with Crippen molar-refractivity contribution in [3.63, 3.8) is 0 Å². The van der Waals surface area contributed by atoms with Crippen LogP contribution in [0.5, 0.6) is 5.75 Å². The van der Waals surface area contributed by atoms with E-state index in [0.717, 1.165) is 18.6 Å². The van der Waals surface area contributed by atoms with E-state index in [1.165, 1.54) is 36.8 Å². The van der Waals surface area contributed by atoms with E-state index < -0.39 is 0 Å². The monoisotopic (exact) mass is 301 g/mol. The molecule has 3 rings (SSSR count). The number of amides is 1. The van der Waals surface area contributed by atoms with Gasteiger partial charge in [0.25, 0.3) is 5.91 Å².